The van der Waals surface area contributed by atoms with Gasteiger partial charge in [-0.3, -0.25) is 0 Å². The predicted molar refractivity (Wildman–Crippen MR) is 88.7 cm³/mol. The van der Waals surface area contributed by atoms with Gasteiger partial charge in [0.05, 0.1) is 5.41 Å². The zero-order valence-corrected chi connectivity index (χ0v) is 14.9. The molecule has 2 aliphatic rings. The molecule has 2 fully saturated rings. The van der Waals surface area contributed by atoms with E-state index in [2.05, 4.69) is 22.4 Å². The predicted octanol–water partition coefficient (Wildman–Crippen LogP) is 3.92. The number of nitrogens with zero attached hydrogens (tertiary/aromatic N) is 2. The fourth-order valence-corrected chi connectivity index (χ4v) is 4.99. The molecule has 1 aromatic heterocycles. The third-order valence-corrected chi connectivity index (χ3v) is 6.95. The van der Waals surface area contributed by atoms with Crippen molar-refractivity contribution in [2.45, 2.75) is 62.4 Å². The second kappa shape index (κ2) is 6.37. The van der Waals surface area contributed by atoms with E-state index in [1.165, 1.54) is 24.2 Å². The molecule has 0 spiro atoms. The summed E-state index contributed by atoms with van der Waals surface area (Å²) in [4.78, 5) is 0. The number of nitrogens with one attached hydrogen (secondary N) is 1. The van der Waals surface area contributed by atoms with Gasteiger partial charge in [-0.05, 0) is 51.1 Å². The summed E-state index contributed by atoms with van der Waals surface area (Å²) in [6.45, 7) is 4.44. The lowest BCUT2D eigenvalue weighted by Gasteiger charge is -2.27. The summed E-state index contributed by atoms with van der Waals surface area (Å²) in [6, 6.07) is 0. The van der Waals surface area contributed by atoms with Gasteiger partial charge >= 0.3 is 0 Å². The Morgan fingerprint density at radius 1 is 1.41 bits per heavy atom. The minimum Gasteiger partial charge on any atom is -0.316 e. The van der Waals surface area contributed by atoms with E-state index < -0.39 is 11.1 Å². The highest BCUT2D eigenvalue weighted by atomic mass is 32.1. The molecule has 1 saturated heterocycles. The molecule has 3 nitrogen and oxygen atoms in total. The van der Waals surface area contributed by atoms with Crippen molar-refractivity contribution in [3.05, 3.63) is 10.0 Å². The molecule has 2 unspecified atom stereocenters. The van der Waals surface area contributed by atoms with Gasteiger partial charge in [-0.2, -0.15) is 0 Å². The Kier molecular flexibility index (Phi) is 4.82. The van der Waals surface area contributed by atoms with E-state index >= 15 is 0 Å². The Labute approximate surface area is 136 Å². The molecule has 0 radical (unpaired) electrons. The number of alkyl halides is 2. The van der Waals surface area contributed by atoms with E-state index in [-0.39, 0.29) is 0 Å². The summed E-state index contributed by atoms with van der Waals surface area (Å²) in [5, 5.41) is 13.1. The molecule has 0 amide bonds. The van der Waals surface area contributed by atoms with Gasteiger partial charge in [0.25, 0.3) is 5.66 Å². The molecular weight excluding hydrogens is 323 g/mol. The second-order valence-electron chi connectivity index (χ2n) is 6.71. The number of hydrogen-bond donors (Lipinski definition) is 1. The summed E-state index contributed by atoms with van der Waals surface area (Å²) < 4.78 is 27.5. The average molecular weight is 347 g/mol. The third-order valence-electron chi connectivity index (χ3n) is 5.11. The highest BCUT2D eigenvalue weighted by Crippen LogP contribution is 2.61. The summed E-state index contributed by atoms with van der Waals surface area (Å²) in [5.74, 6) is 1.20. The summed E-state index contributed by atoms with van der Waals surface area (Å²) in [6.07, 6.45) is 5.56. The van der Waals surface area contributed by atoms with Crippen LogP contribution in [0.5, 0.6) is 0 Å². The SMILES string of the molecule is CCC(CCCC1CNC1)c1nnc(C2(C(F)(F)P)CC2)s1. The van der Waals surface area contributed by atoms with Gasteiger partial charge in [-0.15, -0.1) is 21.5 Å². The fraction of sp³-hybridized carbons (Fsp3) is 0.867. The Morgan fingerprint density at radius 3 is 2.64 bits per heavy atom. The van der Waals surface area contributed by atoms with Gasteiger partial charge in [-0.25, -0.2) is 8.78 Å². The molecule has 2 atom stereocenters. The number of rotatable bonds is 8. The molecule has 124 valence electrons. The molecule has 1 aromatic rings. The number of halogens is 2. The summed E-state index contributed by atoms with van der Waals surface area (Å²) >= 11 is 1.41. The molecule has 7 heteroatoms. The Bertz CT molecular complexity index is 509. The molecule has 2 heterocycles. The van der Waals surface area contributed by atoms with Crippen molar-refractivity contribution in [3.8, 4) is 0 Å². The maximum atomic E-state index is 13.8. The highest BCUT2D eigenvalue weighted by Gasteiger charge is 2.62. The first-order chi connectivity index (χ1) is 10.5. The molecule has 22 heavy (non-hydrogen) atoms. The van der Waals surface area contributed by atoms with Crippen molar-refractivity contribution in [2.75, 3.05) is 13.1 Å². The molecule has 1 saturated carbocycles. The van der Waals surface area contributed by atoms with Crippen LogP contribution in [-0.2, 0) is 5.41 Å². The molecule has 1 aliphatic heterocycles. The van der Waals surface area contributed by atoms with E-state index in [0.29, 0.717) is 23.8 Å². The summed E-state index contributed by atoms with van der Waals surface area (Å²) in [7, 11) is 1.69. The molecule has 0 bridgehead atoms. The van der Waals surface area contributed by atoms with Crippen LogP contribution in [0.4, 0.5) is 8.78 Å². The minimum atomic E-state index is -2.78. The van der Waals surface area contributed by atoms with E-state index in [4.69, 9.17) is 0 Å². The third kappa shape index (κ3) is 3.20. The topological polar surface area (TPSA) is 37.8 Å². The van der Waals surface area contributed by atoms with Crippen LogP contribution in [0.3, 0.4) is 0 Å². The van der Waals surface area contributed by atoms with Crippen molar-refractivity contribution in [3.63, 3.8) is 0 Å². The largest absolute Gasteiger partial charge is 0.316 e. The monoisotopic (exact) mass is 347 g/mol. The van der Waals surface area contributed by atoms with Crippen LogP contribution in [0.25, 0.3) is 0 Å². The van der Waals surface area contributed by atoms with Crippen molar-refractivity contribution < 1.29 is 8.78 Å². The quantitative estimate of drug-likeness (QED) is 0.724. The van der Waals surface area contributed by atoms with Crippen molar-refractivity contribution >= 4 is 20.6 Å². The van der Waals surface area contributed by atoms with Crippen LogP contribution in [0, 0.1) is 5.92 Å². The van der Waals surface area contributed by atoms with Gasteiger partial charge in [0, 0.05) is 5.92 Å². The lowest BCUT2D eigenvalue weighted by molar-refractivity contribution is 0.0588. The first kappa shape index (κ1) is 16.7. The molecule has 1 N–H and O–H groups in total. The molecular formula is C15H24F2N3PS. The molecule has 1 aliphatic carbocycles. The highest BCUT2D eigenvalue weighted by molar-refractivity contribution is 7.18. The maximum absolute atomic E-state index is 13.8. The molecule has 3 rings (SSSR count). The minimum absolute atomic E-state index is 0.369. The van der Waals surface area contributed by atoms with Gasteiger partial charge in [0.2, 0.25) is 0 Å². The standard InChI is InChI=1S/C15H24F2N3PS/c1-2-11(5-3-4-10-8-18-9-10)12-19-20-13(22-12)14(6-7-14)15(16,17)21/h10-11,18H,2-9,21H2,1H3. The van der Waals surface area contributed by atoms with Gasteiger partial charge in [0.15, 0.2) is 0 Å². The van der Waals surface area contributed by atoms with Crippen LogP contribution in [-0.4, -0.2) is 29.0 Å². The van der Waals surface area contributed by atoms with E-state index in [0.717, 1.165) is 36.9 Å². The normalized spacial score (nSPS) is 22.4. The Hall–Kier alpha value is -0.190. The van der Waals surface area contributed by atoms with Gasteiger partial charge in [0.1, 0.15) is 10.0 Å². The van der Waals surface area contributed by atoms with Crippen LogP contribution in [0.2, 0.25) is 0 Å². The number of aromatic nitrogens is 2. The van der Waals surface area contributed by atoms with E-state index in [1.807, 2.05) is 0 Å². The average Bonchev–Trinajstić information content (AvgIpc) is 3.10. The fourth-order valence-electron chi connectivity index (χ4n) is 3.12. The van der Waals surface area contributed by atoms with E-state index in [1.54, 1.807) is 9.24 Å². The zero-order chi connectivity index (χ0) is 15.8. The van der Waals surface area contributed by atoms with Gasteiger partial charge < -0.3 is 5.32 Å². The zero-order valence-electron chi connectivity index (χ0n) is 12.9. The van der Waals surface area contributed by atoms with Crippen LogP contribution in [0.15, 0.2) is 0 Å². The summed E-state index contributed by atoms with van der Waals surface area (Å²) in [5.41, 5.74) is -3.83. The van der Waals surface area contributed by atoms with Crippen LogP contribution < -0.4 is 5.32 Å². The maximum Gasteiger partial charge on any atom is 0.270 e. The molecule has 0 aromatic carbocycles. The smallest absolute Gasteiger partial charge is 0.270 e. The lowest BCUT2D eigenvalue weighted by Crippen LogP contribution is -2.41. The van der Waals surface area contributed by atoms with Crippen molar-refractivity contribution in [2.24, 2.45) is 5.92 Å². The lowest BCUT2D eigenvalue weighted by atomic mass is 9.92. The Balaban J connectivity index is 1.61. The first-order valence-corrected chi connectivity index (χ1v) is 9.57. The van der Waals surface area contributed by atoms with Crippen molar-refractivity contribution in [1.29, 1.82) is 0 Å². The van der Waals surface area contributed by atoms with Gasteiger partial charge in [-0.1, -0.05) is 22.6 Å². The number of hydrogen-bond acceptors (Lipinski definition) is 4. The Morgan fingerprint density at radius 2 is 2.14 bits per heavy atom. The van der Waals surface area contributed by atoms with Crippen LogP contribution >= 0.6 is 20.6 Å². The second-order valence-corrected chi connectivity index (χ2v) is 8.45. The first-order valence-electron chi connectivity index (χ1n) is 8.17. The van der Waals surface area contributed by atoms with Crippen LogP contribution in [0.1, 0.15) is 61.4 Å². The van der Waals surface area contributed by atoms with Crippen molar-refractivity contribution in [1.82, 2.24) is 15.5 Å². The van der Waals surface area contributed by atoms with E-state index in [9.17, 15) is 8.78 Å².